The van der Waals surface area contributed by atoms with E-state index in [1.165, 1.54) is 32.1 Å². The van der Waals surface area contributed by atoms with Gasteiger partial charge >= 0.3 is 5.97 Å². The van der Waals surface area contributed by atoms with E-state index in [-0.39, 0.29) is 40.8 Å². The second kappa shape index (κ2) is 13.8. The molecule has 0 bridgehead atoms. The van der Waals surface area contributed by atoms with Crippen LogP contribution in [-0.4, -0.2) is 11.1 Å². The van der Waals surface area contributed by atoms with Gasteiger partial charge in [-0.2, -0.15) is 0 Å². The van der Waals surface area contributed by atoms with Crippen molar-refractivity contribution in [2.45, 2.75) is 91.4 Å². The number of hydrogen-bond donors (Lipinski definition) is 1. The first-order valence-electron chi connectivity index (χ1n) is 7.86. The Kier molecular flexibility index (Phi) is 16.0. The fourth-order valence-electron chi connectivity index (χ4n) is 2.60. The molecule has 1 atom stereocenters. The van der Waals surface area contributed by atoms with Gasteiger partial charge in [0.05, 0.1) is 5.41 Å². The summed E-state index contributed by atoms with van der Waals surface area (Å²) in [6.07, 6.45) is 12.0. The molecule has 0 spiro atoms. The van der Waals surface area contributed by atoms with E-state index in [1.807, 2.05) is 6.92 Å². The summed E-state index contributed by atoms with van der Waals surface area (Å²) in [6, 6.07) is 0. The molecule has 0 aliphatic rings. The van der Waals surface area contributed by atoms with Gasteiger partial charge in [0.25, 0.3) is 0 Å². The van der Waals surface area contributed by atoms with Crippen LogP contribution in [0.5, 0.6) is 0 Å². The maximum Gasteiger partial charge on any atom is 0.309 e. The Morgan fingerprint density at radius 1 is 0.842 bits per heavy atom. The van der Waals surface area contributed by atoms with Crippen molar-refractivity contribution in [3.63, 3.8) is 0 Å². The van der Waals surface area contributed by atoms with E-state index in [1.54, 1.807) is 0 Å². The fourth-order valence-corrected chi connectivity index (χ4v) is 2.60. The topological polar surface area (TPSA) is 37.3 Å². The van der Waals surface area contributed by atoms with Crippen LogP contribution < -0.4 is 0 Å². The number of unbranched alkanes of at least 4 members (excludes halogenated alkanes) is 6. The molecule has 0 aromatic heterocycles. The minimum atomic E-state index is -0.577. The molecule has 0 fully saturated rings. The van der Waals surface area contributed by atoms with Crippen LogP contribution >= 0.6 is 0 Å². The van der Waals surface area contributed by atoms with E-state index >= 15 is 0 Å². The standard InChI is InChI=1S/C16H32O2.Nd/c1-4-7-9-10-11-12-14-16(6-3,15(17)18)13-8-5-2;/h4-14H2,1-3H3,(H,17,18);. The predicted octanol–water partition coefficient (Wildman–Crippen LogP) is 5.41. The zero-order chi connectivity index (χ0) is 13.9. The molecule has 0 saturated carbocycles. The molecule has 0 radical (unpaired) electrons. The second-order valence-electron chi connectivity index (χ2n) is 5.56. The van der Waals surface area contributed by atoms with E-state index < -0.39 is 11.4 Å². The Bertz CT molecular complexity index is 219. The first kappa shape index (κ1) is 22.1. The summed E-state index contributed by atoms with van der Waals surface area (Å²) < 4.78 is 0. The molecule has 3 heteroatoms. The van der Waals surface area contributed by atoms with Gasteiger partial charge in [-0.1, -0.05) is 72.1 Å². The Morgan fingerprint density at radius 3 is 1.79 bits per heavy atom. The van der Waals surface area contributed by atoms with Crippen molar-refractivity contribution in [3.05, 3.63) is 0 Å². The summed E-state index contributed by atoms with van der Waals surface area (Å²) in [5.41, 5.74) is -0.444. The van der Waals surface area contributed by atoms with Crippen LogP contribution in [0.15, 0.2) is 0 Å². The van der Waals surface area contributed by atoms with Crippen LogP contribution in [0.2, 0.25) is 0 Å². The third-order valence-electron chi connectivity index (χ3n) is 4.15. The summed E-state index contributed by atoms with van der Waals surface area (Å²) in [4.78, 5) is 11.5. The van der Waals surface area contributed by atoms with Crippen LogP contribution in [-0.2, 0) is 4.79 Å². The van der Waals surface area contributed by atoms with E-state index in [2.05, 4.69) is 13.8 Å². The third-order valence-corrected chi connectivity index (χ3v) is 4.15. The number of carbonyl (C=O) groups is 1. The Labute approximate surface area is 152 Å². The third kappa shape index (κ3) is 9.38. The van der Waals surface area contributed by atoms with E-state index in [0.717, 1.165) is 38.5 Å². The van der Waals surface area contributed by atoms with Crippen molar-refractivity contribution in [3.8, 4) is 0 Å². The largest absolute Gasteiger partial charge is 0.481 e. The Balaban J connectivity index is 0. The molecule has 0 saturated heterocycles. The van der Waals surface area contributed by atoms with E-state index in [4.69, 9.17) is 0 Å². The molecular weight excluding hydrogens is 368 g/mol. The maximum absolute atomic E-state index is 11.5. The van der Waals surface area contributed by atoms with Crippen molar-refractivity contribution < 1.29 is 50.7 Å². The summed E-state index contributed by atoms with van der Waals surface area (Å²) in [6.45, 7) is 6.38. The predicted molar refractivity (Wildman–Crippen MR) is 77.9 cm³/mol. The summed E-state index contributed by atoms with van der Waals surface area (Å²) in [5.74, 6) is -0.577. The van der Waals surface area contributed by atoms with E-state index in [9.17, 15) is 9.90 Å². The quantitative estimate of drug-likeness (QED) is 0.445. The molecular formula is C16H32NdO2. The number of hydrogen-bond acceptors (Lipinski definition) is 1. The molecule has 112 valence electrons. The number of carboxylic acid groups (broad SMARTS) is 1. The van der Waals surface area contributed by atoms with Gasteiger partial charge < -0.3 is 5.11 Å². The average Bonchev–Trinajstić information content (AvgIpc) is 2.37. The van der Waals surface area contributed by atoms with Gasteiger partial charge in [0, 0.05) is 40.8 Å². The van der Waals surface area contributed by atoms with Crippen LogP contribution in [0.4, 0.5) is 0 Å². The maximum atomic E-state index is 11.5. The first-order valence-corrected chi connectivity index (χ1v) is 7.86. The smallest absolute Gasteiger partial charge is 0.309 e. The summed E-state index contributed by atoms with van der Waals surface area (Å²) in [7, 11) is 0. The molecule has 1 unspecified atom stereocenters. The van der Waals surface area contributed by atoms with Crippen molar-refractivity contribution in [2.24, 2.45) is 5.41 Å². The first-order chi connectivity index (χ1) is 8.63. The minimum absolute atomic E-state index is 0. The molecule has 19 heavy (non-hydrogen) atoms. The molecule has 0 aromatic carbocycles. The van der Waals surface area contributed by atoms with Crippen LogP contribution in [0.3, 0.4) is 0 Å². The van der Waals surface area contributed by atoms with E-state index in [0.29, 0.717) is 0 Å². The fraction of sp³-hybridized carbons (Fsp3) is 0.938. The number of carboxylic acids is 1. The molecule has 0 aromatic rings. The van der Waals surface area contributed by atoms with Gasteiger partial charge in [-0.15, -0.1) is 0 Å². The monoisotopic (exact) mass is 398 g/mol. The zero-order valence-corrected chi connectivity index (χ0v) is 16.3. The van der Waals surface area contributed by atoms with Crippen molar-refractivity contribution >= 4 is 5.97 Å². The molecule has 0 rings (SSSR count). The van der Waals surface area contributed by atoms with Gasteiger partial charge in [0.2, 0.25) is 0 Å². The van der Waals surface area contributed by atoms with Crippen molar-refractivity contribution in [2.75, 3.05) is 0 Å². The van der Waals surface area contributed by atoms with Crippen molar-refractivity contribution in [1.29, 1.82) is 0 Å². The molecule has 1 N–H and O–H groups in total. The summed E-state index contributed by atoms with van der Waals surface area (Å²) >= 11 is 0. The molecule has 0 heterocycles. The van der Waals surface area contributed by atoms with Gasteiger partial charge in [-0.05, 0) is 19.3 Å². The molecule has 0 aliphatic carbocycles. The van der Waals surface area contributed by atoms with Gasteiger partial charge in [-0.3, -0.25) is 4.79 Å². The molecule has 2 nitrogen and oxygen atoms in total. The zero-order valence-electron chi connectivity index (χ0n) is 13.1. The molecule has 0 aliphatic heterocycles. The number of rotatable bonds is 12. The number of aliphatic carboxylic acids is 1. The van der Waals surface area contributed by atoms with Crippen LogP contribution in [0, 0.1) is 46.3 Å². The van der Waals surface area contributed by atoms with Crippen LogP contribution in [0.1, 0.15) is 91.4 Å². The molecule has 0 amide bonds. The van der Waals surface area contributed by atoms with Gasteiger partial charge in [0.1, 0.15) is 0 Å². The van der Waals surface area contributed by atoms with Crippen LogP contribution in [0.25, 0.3) is 0 Å². The Hall–Kier alpha value is 0.821. The van der Waals surface area contributed by atoms with Crippen molar-refractivity contribution in [1.82, 2.24) is 0 Å². The minimum Gasteiger partial charge on any atom is -0.481 e. The Morgan fingerprint density at radius 2 is 1.32 bits per heavy atom. The summed E-state index contributed by atoms with van der Waals surface area (Å²) in [5, 5.41) is 9.49. The SMILES string of the molecule is CCCCCCCCC(CC)(CCCC)C(=O)O.[Nd]. The van der Waals surface area contributed by atoms with Gasteiger partial charge in [0.15, 0.2) is 0 Å². The normalized spacial score (nSPS) is 13.6. The second-order valence-corrected chi connectivity index (χ2v) is 5.56. The van der Waals surface area contributed by atoms with Gasteiger partial charge in [-0.25, -0.2) is 0 Å². The average molecular weight is 401 g/mol.